The Kier molecular flexibility index (Phi) is 3.57. The fourth-order valence-electron chi connectivity index (χ4n) is 1.06. The van der Waals surface area contributed by atoms with Crippen molar-refractivity contribution in [1.29, 1.82) is 0 Å². The average Bonchev–Trinajstić information content (AvgIpc) is 2.20. The van der Waals surface area contributed by atoms with Crippen molar-refractivity contribution < 1.29 is 18.3 Å². The van der Waals surface area contributed by atoms with Gasteiger partial charge in [0.1, 0.15) is 11.3 Å². The first kappa shape index (κ1) is 11.8. The summed E-state index contributed by atoms with van der Waals surface area (Å²) in [4.78, 5) is 14.7. The van der Waals surface area contributed by atoms with Crippen LogP contribution in [-0.4, -0.2) is 18.1 Å². The second kappa shape index (κ2) is 4.53. The topological polar surface area (TPSA) is 39.2 Å². The largest absolute Gasteiger partial charge is 0.465 e. The van der Waals surface area contributed by atoms with E-state index in [9.17, 15) is 13.6 Å². The number of pyridine rings is 1. The highest BCUT2D eigenvalue weighted by molar-refractivity contribution is 6.34. The number of aryl methyl sites for hydroxylation is 1. The Morgan fingerprint density at radius 3 is 2.67 bits per heavy atom. The number of halogens is 3. The molecule has 0 unspecified atom stereocenters. The van der Waals surface area contributed by atoms with Crippen molar-refractivity contribution in [2.45, 2.75) is 13.3 Å². The van der Waals surface area contributed by atoms with E-state index in [1.54, 1.807) is 6.92 Å². The molecule has 1 aromatic heterocycles. The highest BCUT2D eigenvalue weighted by Gasteiger charge is 2.24. The molecule has 0 radical (unpaired) electrons. The number of rotatable bonds is 2. The Hall–Kier alpha value is -1.23. The minimum Gasteiger partial charge on any atom is -0.465 e. The summed E-state index contributed by atoms with van der Waals surface area (Å²) in [6, 6.07) is 0. The highest BCUT2D eigenvalue weighted by Crippen LogP contribution is 2.29. The van der Waals surface area contributed by atoms with Gasteiger partial charge in [-0.05, 0) is 12.5 Å². The van der Waals surface area contributed by atoms with Crippen molar-refractivity contribution in [3.63, 3.8) is 0 Å². The summed E-state index contributed by atoms with van der Waals surface area (Å²) >= 11 is 5.74. The van der Waals surface area contributed by atoms with Crippen molar-refractivity contribution in [2.24, 2.45) is 0 Å². The Balaban J connectivity index is 3.41. The van der Waals surface area contributed by atoms with E-state index < -0.39 is 18.1 Å². The van der Waals surface area contributed by atoms with Gasteiger partial charge in [-0.3, -0.25) is 4.98 Å². The first-order chi connectivity index (χ1) is 6.99. The molecule has 0 aliphatic heterocycles. The molecule has 82 valence electrons. The molecule has 3 nitrogen and oxygen atoms in total. The zero-order valence-corrected chi connectivity index (χ0v) is 8.81. The number of carbonyl (C=O) groups is 1. The Labute approximate surface area is 90.0 Å². The summed E-state index contributed by atoms with van der Waals surface area (Å²) < 4.78 is 29.4. The molecule has 0 N–H and O–H groups in total. The molecule has 0 saturated carbocycles. The van der Waals surface area contributed by atoms with Crippen LogP contribution < -0.4 is 0 Å². The van der Waals surface area contributed by atoms with E-state index in [1.165, 1.54) is 6.20 Å². The van der Waals surface area contributed by atoms with E-state index in [0.717, 1.165) is 7.11 Å². The zero-order valence-electron chi connectivity index (χ0n) is 8.05. The Morgan fingerprint density at radius 1 is 1.60 bits per heavy atom. The molecule has 0 atom stereocenters. The molecular weight excluding hydrogens is 228 g/mol. The molecule has 0 aliphatic rings. The van der Waals surface area contributed by atoms with Crippen LogP contribution in [0.5, 0.6) is 0 Å². The number of carbonyl (C=O) groups excluding carboxylic acids is 1. The third kappa shape index (κ3) is 2.23. The maximum Gasteiger partial charge on any atom is 0.341 e. The summed E-state index contributed by atoms with van der Waals surface area (Å²) in [5.74, 6) is -0.911. The quantitative estimate of drug-likeness (QED) is 0.740. The SMILES string of the molecule is COC(=O)c1c(C(F)F)ncc(C)c1Cl. The number of methoxy groups -OCH3 is 1. The molecule has 0 bridgehead atoms. The van der Waals surface area contributed by atoms with Crippen LogP contribution in [0.3, 0.4) is 0 Å². The van der Waals surface area contributed by atoms with Crippen molar-refractivity contribution in [1.82, 2.24) is 4.98 Å². The van der Waals surface area contributed by atoms with Gasteiger partial charge in [0, 0.05) is 6.20 Å². The summed E-state index contributed by atoms with van der Waals surface area (Å²) in [5, 5.41) is -0.0489. The average molecular weight is 236 g/mol. The van der Waals surface area contributed by atoms with Crippen molar-refractivity contribution in [3.8, 4) is 0 Å². The smallest absolute Gasteiger partial charge is 0.341 e. The monoisotopic (exact) mass is 235 g/mol. The van der Waals surface area contributed by atoms with Gasteiger partial charge in [-0.15, -0.1) is 0 Å². The van der Waals surface area contributed by atoms with Gasteiger partial charge in [-0.2, -0.15) is 0 Å². The lowest BCUT2D eigenvalue weighted by Crippen LogP contribution is -2.10. The number of aromatic nitrogens is 1. The maximum absolute atomic E-state index is 12.5. The minimum atomic E-state index is -2.86. The van der Waals surface area contributed by atoms with E-state index in [-0.39, 0.29) is 10.6 Å². The molecule has 15 heavy (non-hydrogen) atoms. The number of alkyl halides is 2. The second-order valence-corrected chi connectivity index (χ2v) is 3.19. The van der Waals surface area contributed by atoms with Crippen LogP contribution in [0.2, 0.25) is 5.02 Å². The van der Waals surface area contributed by atoms with Crippen molar-refractivity contribution >= 4 is 17.6 Å². The first-order valence-electron chi connectivity index (χ1n) is 4.00. The molecule has 1 aromatic rings. The molecule has 0 amide bonds. The zero-order chi connectivity index (χ0) is 11.6. The third-order valence-electron chi connectivity index (χ3n) is 1.82. The number of hydrogen-bond donors (Lipinski definition) is 0. The highest BCUT2D eigenvalue weighted by atomic mass is 35.5. The number of nitrogens with zero attached hydrogens (tertiary/aromatic N) is 1. The van der Waals surface area contributed by atoms with Gasteiger partial charge in [0.05, 0.1) is 12.1 Å². The van der Waals surface area contributed by atoms with Crippen LogP contribution in [-0.2, 0) is 4.74 Å². The van der Waals surface area contributed by atoms with Gasteiger partial charge in [0.25, 0.3) is 6.43 Å². The van der Waals surface area contributed by atoms with Gasteiger partial charge in [-0.25, -0.2) is 13.6 Å². The molecular formula is C9H8ClF2NO2. The Bertz CT molecular complexity index is 396. The van der Waals surface area contributed by atoms with Gasteiger partial charge >= 0.3 is 5.97 Å². The third-order valence-corrected chi connectivity index (χ3v) is 2.30. The Morgan fingerprint density at radius 2 is 2.20 bits per heavy atom. The fraction of sp³-hybridized carbons (Fsp3) is 0.333. The lowest BCUT2D eigenvalue weighted by molar-refractivity contribution is 0.0587. The number of esters is 1. The molecule has 0 aromatic carbocycles. The predicted octanol–water partition coefficient (Wildman–Crippen LogP) is 2.77. The fourth-order valence-corrected chi connectivity index (χ4v) is 1.28. The van der Waals surface area contributed by atoms with Crippen LogP contribution in [0.15, 0.2) is 6.20 Å². The summed E-state index contributed by atoms with van der Waals surface area (Å²) in [5.41, 5.74) is -0.576. The summed E-state index contributed by atoms with van der Waals surface area (Å²) in [6.45, 7) is 1.57. The number of hydrogen-bond acceptors (Lipinski definition) is 3. The maximum atomic E-state index is 12.5. The van der Waals surface area contributed by atoms with Crippen LogP contribution in [0.1, 0.15) is 28.0 Å². The van der Waals surface area contributed by atoms with E-state index >= 15 is 0 Å². The molecule has 0 saturated heterocycles. The normalized spacial score (nSPS) is 10.5. The van der Waals surface area contributed by atoms with Crippen LogP contribution in [0.4, 0.5) is 8.78 Å². The minimum absolute atomic E-state index is 0.0489. The molecule has 1 heterocycles. The first-order valence-corrected chi connectivity index (χ1v) is 4.38. The lowest BCUT2D eigenvalue weighted by Gasteiger charge is -2.09. The molecule has 6 heteroatoms. The van der Waals surface area contributed by atoms with Gasteiger partial charge in [0.15, 0.2) is 0 Å². The molecule has 0 aliphatic carbocycles. The van der Waals surface area contributed by atoms with E-state index in [4.69, 9.17) is 11.6 Å². The number of ether oxygens (including phenoxy) is 1. The lowest BCUT2D eigenvalue weighted by atomic mass is 10.1. The van der Waals surface area contributed by atoms with Crippen LogP contribution in [0.25, 0.3) is 0 Å². The van der Waals surface area contributed by atoms with Gasteiger partial charge in [-0.1, -0.05) is 11.6 Å². The van der Waals surface area contributed by atoms with Gasteiger partial charge in [0.2, 0.25) is 0 Å². The summed E-state index contributed by atoms with van der Waals surface area (Å²) in [7, 11) is 1.09. The van der Waals surface area contributed by atoms with Crippen LogP contribution in [0, 0.1) is 6.92 Å². The molecule has 0 fully saturated rings. The predicted molar refractivity (Wildman–Crippen MR) is 50.3 cm³/mol. The summed E-state index contributed by atoms with van der Waals surface area (Å²) in [6.07, 6.45) is -1.67. The van der Waals surface area contributed by atoms with E-state index in [2.05, 4.69) is 9.72 Å². The van der Waals surface area contributed by atoms with Gasteiger partial charge < -0.3 is 4.74 Å². The van der Waals surface area contributed by atoms with Crippen molar-refractivity contribution in [2.75, 3.05) is 7.11 Å². The van der Waals surface area contributed by atoms with Crippen molar-refractivity contribution in [3.05, 3.63) is 28.0 Å². The standard InChI is InChI=1S/C9H8ClF2NO2/c1-4-3-13-7(8(11)12)5(6(4)10)9(14)15-2/h3,8H,1-2H3. The van der Waals surface area contributed by atoms with E-state index in [1.807, 2.05) is 0 Å². The van der Waals surface area contributed by atoms with Crippen LogP contribution >= 0.6 is 11.6 Å². The molecule has 1 rings (SSSR count). The second-order valence-electron chi connectivity index (χ2n) is 2.81. The van der Waals surface area contributed by atoms with E-state index in [0.29, 0.717) is 5.56 Å². The molecule has 0 spiro atoms.